The van der Waals surface area contributed by atoms with Gasteiger partial charge in [-0.05, 0) is 31.2 Å². The van der Waals surface area contributed by atoms with Gasteiger partial charge in [-0.3, -0.25) is 4.79 Å². The highest BCUT2D eigenvalue weighted by atomic mass is 16.2. The van der Waals surface area contributed by atoms with Crippen LogP contribution >= 0.6 is 0 Å². The van der Waals surface area contributed by atoms with E-state index >= 15 is 0 Å². The summed E-state index contributed by atoms with van der Waals surface area (Å²) in [7, 11) is 5.72. The molecule has 4 nitrogen and oxygen atoms in total. The van der Waals surface area contributed by atoms with Crippen molar-refractivity contribution in [3.05, 3.63) is 29.8 Å². The number of hydrogen-bond acceptors (Lipinski definition) is 3. The molecule has 1 amide bonds. The Bertz CT molecular complexity index is 373. The zero-order chi connectivity index (χ0) is 13.0. The van der Waals surface area contributed by atoms with E-state index in [-0.39, 0.29) is 11.9 Å². The standard InChI is InChI=1S/C13H21N3O/c1-10(9-14)16(4)13(17)11-5-7-12(8-6-11)15(2)3/h5-8,10H,9,14H2,1-4H3. The van der Waals surface area contributed by atoms with Gasteiger partial charge in [0, 0.05) is 45.0 Å². The first kappa shape index (κ1) is 13.5. The molecule has 0 saturated heterocycles. The third-order valence-corrected chi connectivity index (χ3v) is 2.95. The Morgan fingerprint density at radius 1 is 1.24 bits per heavy atom. The van der Waals surface area contributed by atoms with E-state index in [0.717, 1.165) is 5.69 Å². The molecule has 0 radical (unpaired) electrons. The molecule has 1 aromatic carbocycles. The summed E-state index contributed by atoms with van der Waals surface area (Å²) in [6, 6.07) is 7.62. The van der Waals surface area contributed by atoms with Gasteiger partial charge in [0.2, 0.25) is 0 Å². The van der Waals surface area contributed by atoms with Crippen molar-refractivity contribution in [2.45, 2.75) is 13.0 Å². The fourth-order valence-electron chi connectivity index (χ4n) is 1.46. The fourth-order valence-corrected chi connectivity index (χ4v) is 1.46. The number of likely N-dealkylation sites (N-methyl/N-ethyl adjacent to an activating group) is 1. The van der Waals surface area contributed by atoms with Crippen molar-refractivity contribution in [1.82, 2.24) is 4.90 Å². The summed E-state index contributed by atoms with van der Waals surface area (Å²) in [6.07, 6.45) is 0. The van der Waals surface area contributed by atoms with Crippen LogP contribution < -0.4 is 10.6 Å². The van der Waals surface area contributed by atoms with Gasteiger partial charge < -0.3 is 15.5 Å². The maximum Gasteiger partial charge on any atom is 0.253 e. The lowest BCUT2D eigenvalue weighted by atomic mass is 10.1. The summed E-state index contributed by atoms with van der Waals surface area (Å²) in [6.45, 7) is 2.41. The topological polar surface area (TPSA) is 49.6 Å². The van der Waals surface area contributed by atoms with Crippen LogP contribution in [0, 0.1) is 0 Å². The smallest absolute Gasteiger partial charge is 0.253 e. The molecule has 0 spiro atoms. The van der Waals surface area contributed by atoms with Crippen LogP contribution in [-0.4, -0.2) is 44.5 Å². The lowest BCUT2D eigenvalue weighted by molar-refractivity contribution is 0.0748. The normalized spacial score (nSPS) is 12.1. The van der Waals surface area contributed by atoms with Gasteiger partial charge in [0.05, 0.1) is 0 Å². The molecule has 0 heterocycles. The largest absolute Gasteiger partial charge is 0.378 e. The first-order valence-electron chi connectivity index (χ1n) is 5.72. The van der Waals surface area contributed by atoms with Crippen molar-refractivity contribution in [3.8, 4) is 0 Å². The van der Waals surface area contributed by atoms with E-state index in [9.17, 15) is 4.79 Å². The van der Waals surface area contributed by atoms with Crippen LogP contribution in [0.2, 0.25) is 0 Å². The number of carbonyl (C=O) groups excluding carboxylic acids is 1. The number of nitrogens with two attached hydrogens (primary N) is 1. The molecule has 0 fully saturated rings. The van der Waals surface area contributed by atoms with Crippen molar-refractivity contribution in [2.75, 3.05) is 32.6 Å². The fraction of sp³-hybridized carbons (Fsp3) is 0.462. The SMILES string of the molecule is CC(CN)N(C)C(=O)c1ccc(N(C)C)cc1. The predicted molar refractivity (Wildman–Crippen MR) is 71.4 cm³/mol. The summed E-state index contributed by atoms with van der Waals surface area (Å²) in [5, 5.41) is 0. The zero-order valence-electron chi connectivity index (χ0n) is 11.0. The van der Waals surface area contributed by atoms with Crippen LogP contribution in [0.5, 0.6) is 0 Å². The number of nitrogens with zero attached hydrogens (tertiary/aromatic N) is 2. The molecule has 1 aromatic rings. The summed E-state index contributed by atoms with van der Waals surface area (Å²) in [4.78, 5) is 15.8. The molecule has 1 rings (SSSR count). The Morgan fingerprint density at radius 3 is 2.18 bits per heavy atom. The second kappa shape index (κ2) is 5.68. The van der Waals surface area contributed by atoms with E-state index in [1.54, 1.807) is 11.9 Å². The summed E-state index contributed by atoms with van der Waals surface area (Å²) in [5.41, 5.74) is 7.32. The Kier molecular flexibility index (Phi) is 4.52. The van der Waals surface area contributed by atoms with Crippen molar-refractivity contribution < 1.29 is 4.79 Å². The highest BCUT2D eigenvalue weighted by molar-refractivity contribution is 5.94. The highest BCUT2D eigenvalue weighted by Gasteiger charge is 2.16. The van der Waals surface area contributed by atoms with E-state index in [1.807, 2.05) is 50.2 Å². The quantitative estimate of drug-likeness (QED) is 0.852. The van der Waals surface area contributed by atoms with Crippen LogP contribution in [-0.2, 0) is 0 Å². The van der Waals surface area contributed by atoms with Crippen molar-refractivity contribution in [2.24, 2.45) is 5.73 Å². The number of hydrogen-bond donors (Lipinski definition) is 1. The van der Waals surface area contributed by atoms with E-state index in [2.05, 4.69) is 0 Å². The minimum atomic E-state index is 0.00764. The molecule has 0 saturated carbocycles. The molecule has 4 heteroatoms. The average Bonchev–Trinajstić information content (AvgIpc) is 2.36. The van der Waals surface area contributed by atoms with Gasteiger partial charge in [0.1, 0.15) is 0 Å². The molecule has 0 aliphatic heterocycles. The molecule has 94 valence electrons. The number of anilines is 1. The minimum Gasteiger partial charge on any atom is -0.378 e. The molecule has 17 heavy (non-hydrogen) atoms. The number of benzene rings is 1. The lowest BCUT2D eigenvalue weighted by Gasteiger charge is -2.24. The van der Waals surface area contributed by atoms with Gasteiger partial charge in [0.15, 0.2) is 0 Å². The van der Waals surface area contributed by atoms with E-state index in [0.29, 0.717) is 12.1 Å². The monoisotopic (exact) mass is 235 g/mol. The molecular formula is C13H21N3O. The molecule has 1 unspecified atom stereocenters. The highest BCUT2D eigenvalue weighted by Crippen LogP contribution is 2.14. The van der Waals surface area contributed by atoms with Gasteiger partial charge in [-0.2, -0.15) is 0 Å². The van der Waals surface area contributed by atoms with E-state index in [1.165, 1.54) is 0 Å². The summed E-state index contributed by atoms with van der Waals surface area (Å²) >= 11 is 0. The predicted octanol–water partition coefficient (Wildman–Crippen LogP) is 1.17. The van der Waals surface area contributed by atoms with Gasteiger partial charge in [0.25, 0.3) is 5.91 Å². The third kappa shape index (κ3) is 3.20. The molecule has 0 aromatic heterocycles. The average molecular weight is 235 g/mol. The van der Waals surface area contributed by atoms with Crippen LogP contribution in [0.25, 0.3) is 0 Å². The van der Waals surface area contributed by atoms with Crippen LogP contribution in [0.15, 0.2) is 24.3 Å². The number of carbonyl (C=O) groups is 1. The van der Waals surface area contributed by atoms with Gasteiger partial charge >= 0.3 is 0 Å². The van der Waals surface area contributed by atoms with Gasteiger partial charge in [-0.25, -0.2) is 0 Å². The molecule has 0 bridgehead atoms. The maximum absolute atomic E-state index is 12.1. The van der Waals surface area contributed by atoms with Crippen molar-refractivity contribution in [1.29, 1.82) is 0 Å². The zero-order valence-corrected chi connectivity index (χ0v) is 11.0. The second-order valence-corrected chi connectivity index (χ2v) is 4.44. The van der Waals surface area contributed by atoms with Crippen LogP contribution in [0.1, 0.15) is 17.3 Å². The number of amides is 1. The molecule has 0 aliphatic rings. The first-order chi connectivity index (χ1) is 7.97. The van der Waals surface area contributed by atoms with E-state index in [4.69, 9.17) is 5.73 Å². The van der Waals surface area contributed by atoms with Crippen LogP contribution in [0.4, 0.5) is 5.69 Å². The Hall–Kier alpha value is -1.55. The van der Waals surface area contributed by atoms with E-state index < -0.39 is 0 Å². The molecule has 1 atom stereocenters. The third-order valence-electron chi connectivity index (χ3n) is 2.95. The molecule has 0 aliphatic carbocycles. The van der Waals surface area contributed by atoms with Gasteiger partial charge in [-0.15, -0.1) is 0 Å². The maximum atomic E-state index is 12.1. The lowest BCUT2D eigenvalue weighted by Crippen LogP contribution is -2.39. The van der Waals surface area contributed by atoms with Crippen molar-refractivity contribution in [3.63, 3.8) is 0 Å². The Balaban J connectivity index is 2.83. The van der Waals surface area contributed by atoms with Crippen molar-refractivity contribution >= 4 is 11.6 Å². The summed E-state index contributed by atoms with van der Waals surface area (Å²) < 4.78 is 0. The Morgan fingerprint density at radius 2 is 1.76 bits per heavy atom. The second-order valence-electron chi connectivity index (χ2n) is 4.44. The summed E-state index contributed by atoms with van der Waals surface area (Å²) in [5.74, 6) is 0.00764. The molecular weight excluding hydrogens is 214 g/mol. The van der Waals surface area contributed by atoms with Gasteiger partial charge in [-0.1, -0.05) is 0 Å². The molecule has 2 N–H and O–H groups in total. The Labute approximate surface area is 103 Å². The van der Waals surface area contributed by atoms with Crippen LogP contribution in [0.3, 0.4) is 0 Å². The number of rotatable bonds is 4. The first-order valence-corrected chi connectivity index (χ1v) is 5.72. The minimum absolute atomic E-state index is 0.00764.